The molecule has 1 aromatic carbocycles. The first kappa shape index (κ1) is 16.5. The predicted molar refractivity (Wildman–Crippen MR) is 89.9 cm³/mol. The van der Waals surface area contributed by atoms with Gasteiger partial charge in [-0.15, -0.1) is 0 Å². The fourth-order valence-corrected chi connectivity index (χ4v) is 3.20. The van der Waals surface area contributed by atoms with E-state index in [1.165, 1.54) is 31.2 Å². The molecular weight excluding hydrogens is 258 g/mol. The minimum atomic E-state index is 0.498. The molecule has 21 heavy (non-hydrogen) atoms. The lowest BCUT2D eigenvalue weighted by Gasteiger charge is -2.21. The molecule has 1 atom stereocenters. The predicted octanol–water partition coefficient (Wildman–Crippen LogP) is 4.07. The van der Waals surface area contributed by atoms with Gasteiger partial charge in [-0.1, -0.05) is 36.8 Å². The van der Waals surface area contributed by atoms with Crippen molar-refractivity contribution >= 4 is 0 Å². The van der Waals surface area contributed by atoms with Gasteiger partial charge < -0.3 is 10.1 Å². The average molecular weight is 289 g/mol. The van der Waals surface area contributed by atoms with Crippen molar-refractivity contribution in [3.63, 3.8) is 0 Å². The van der Waals surface area contributed by atoms with Crippen molar-refractivity contribution in [2.24, 2.45) is 5.92 Å². The highest BCUT2D eigenvalue weighted by molar-refractivity contribution is 5.33. The lowest BCUT2D eigenvalue weighted by atomic mass is 9.85. The molecule has 1 aromatic rings. The van der Waals surface area contributed by atoms with E-state index >= 15 is 0 Å². The Balaban J connectivity index is 1.70. The molecule has 2 heteroatoms. The number of hydrogen-bond donors (Lipinski definition) is 1. The van der Waals surface area contributed by atoms with Crippen LogP contribution >= 0.6 is 0 Å². The molecule has 118 valence electrons. The van der Waals surface area contributed by atoms with Crippen LogP contribution in [0.15, 0.2) is 24.3 Å². The fraction of sp³-hybridized carbons (Fsp3) is 0.684. The summed E-state index contributed by atoms with van der Waals surface area (Å²) in [6, 6.07) is 9.20. The second-order valence-corrected chi connectivity index (χ2v) is 6.69. The molecule has 2 nitrogen and oxygen atoms in total. The van der Waals surface area contributed by atoms with Gasteiger partial charge in [0.1, 0.15) is 0 Å². The summed E-state index contributed by atoms with van der Waals surface area (Å²) in [6.45, 7) is 10.3. The van der Waals surface area contributed by atoms with Gasteiger partial charge in [-0.05, 0) is 63.0 Å². The third-order valence-corrected chi connectivity index (χ3v) is 4.70. The number of hydrogen-bond acceptors (Lipinski definition) is 2. The second kappa shape index (κ2) is 7.95. The fourth-order valence-electron chi connectivity index (χ4n) is 3.20. The Hall–Kier alpha value is -0.860. The second-order valence-electron chi connectivity index (χ2n) is 6.69. The molecule has 0 aromatic heterocycles. The maximum atomic E-state index is 5.34. The molecule has 0 amide bonds. The smallest absolute Gasteiger partial charge is 0.0590 e. The standard InChI is InChI=1S/C19H31NO/c1-4-21-14-13-20-12-9-17(3)15-19(10-11-19)18-7-5-16(2)6-8-18/h5-8,17,20H,4,9-15H2,1-3H3. The van der Waals surface area contributed by atoms with Crippen LogP contribution in [0.2, 0.25) is 0 Å². The maximum Gasteiger partial charge on any atom is 0.0590 e. The first-order chi connectivity index (χ1) is 10.2. The van der Waals surface area contributed by atoms with E-state index in [2.05, 4.69) is 43.4 Å². The Bertz CT molecular complexity index is 408. The summed E-state index contributed by atoms with van der Waals surface area (Å²) in [7, 11) is 0. The van der Waals surface area contributed by atoms with Crippen molar-refractivity contribution in [2.45, 2.75) is 51.9 Å². The summed E-state index contributed by atoms with van der Waals surface area (Å²) in [5.41, 5.74) is 3.42. The van der Waals surface area contributed by atoms with Gasteiger partial charge in [0.2, 0.25) is 0 Å². The number of benzene rings is 1. The quantitative estimate of drug-likeness (QED) is 0.656. The van der Waals surface area contributed by atoms with Crippen molar-refractivity contribution in [1.29, 1.82) is 0 Å². The van der Waals surface area contributed by atoms with Crippen LogP contribution in [0.5, 0.6) is 0 Å². The van der Waals surface area contributed by atoms with Gasteiger partial charge in [0.15, 0.2) is 0 Å². The van der Waals surface area contributed by atoms with Crippen molar-refractivity contribution in [3.8, 4) is 0 Å². The lowest BCUT2D eigenvalue weighted by Crippen LogP contribution is -2.23. The van der Waals surface area contributed by atoms with E-state index in [-0.39, 0.29) is 0 Å². The molecular formula is C19H31NO. The monoisotopic (exact) mass is 289 g/mol. The molecule has 0 radical (unpaired) electrons. The van der Waals surface area contributed by atoms with Gasteiger partial charge in [0, 0.05) is 13.2 Å². The Morgan fingerprint density at radius 1 is 1.19 bits per heavy atom. The van der Waals surface area contributed by atoms with Crippen molar-refractivity contribution in [2.75, 3.05) is 26.3 Å². The number of aryl methyl sites for hydroxylation is 1. The minimum absolute atomic E-state index is 0.498. The van der Waals surface area contributed by atoms with E-state index in [0.717, 1.165) is 32.2 Å². The van der Waals surface area contributed by atoms with E-state index < -0.39 is 0 Å². The average Bonchev–Trinajstić information content (AvgIpc) is 3.24. The summed E-state index contributed by atoms with van der Waals surface area (Å²) in [5, 5.41) is 3.48. The molecule has 0 heterocycles. The van der Waals surface area contributed by atoms with Crippen LogP contribution in [-0.4, -0.2) is 26.3 Å². The zero-order chi connectivity index (χ0) is 15.1. The first-order valence-corrected chi connectivity index (χ1v) is 8.52. The highest BCUT2D eigenvalue weighted by atomic mass is 16.5. The van der Waals surface area contributed by atoms with E-state index in [4.69, 9.17) is 4.74 Å². The SMILES string of the molecule is CCOCCNCCC(C)CC1(c2ccc(C)cc2)CC1. The molecule has 0 saturated heterocycles. The zero-order valence-electron chi connectivity index (χ0n) is 14.0. The van der Waals surface area contributed by atoms with Crippen LogP contribution in [0.4, 0.5) is 0 Å². The topological polar surface area (TPSA) is 21.3 Å². The van der Waals surface area contributed by atoms with Gasteiger partial charge in [0.25, 0.3) is 0 Å². The van der Waals surface area contributed by atoms with Gasteiger partial charge in [-0.3, -0.25) is 0 Å². The van der Waals surface area contributed by atoms with Crippen LogP contribution in [0.25, 0.3) is 0 Å². The molecule has 1 aliphatic carbocycles. The Kier molecular flexibility index (Phi) is 6.25. The van der Waals surface area contributed by atoms with E-state index in [1.807, 2.05) is 6.92 Å². The third-order valence-electron chi connectivity index (χ3n) is 4.70. The number of ether oxygens (including phenoxy) is 1. The lowest BCUT2D eigenvalue weighted by molar-refractivity contribution is 0.149. The molecule has 1 aliphatic rings. The molecule has 0 aliphatic heterocycles. The number of rotatable bonds is 10. The molecule has 1 fully saturated rings. The third kappa shape index (κ3) is 5.12. The van der Waals surface area contributed by atoms with Crippen LogP contribution in [0, 0.1) is 12.8 Å². The maximum absolute atomic E-state index is 5.34. The Morgan fingerprint density at radius 2 is 1.90 bits per heavy atom. The van der Waals surface area contributed by atoms with E-state index in [1.54, 1.807) is 5.56 Å². The molecule has 1 N–H and O–H groups in total. The molecule has 1 saturated carbocycles. The largest absolute Gasteiger partial charge is 0.380 e. The van der Waals surface area contributed by atoms with E-state index in [0.29, 0.717) is 5.41 Å². The molecule has 1 unspecified atom stereocenters. The molecule has 0 bridgehead atoms. The zero-order valence-corrected chi connectivity index (χ0v) is 14.0. The van der Waals surface area contributed by atoms with Crippen LogP contribution < -0.4 is 5.32 Å². The van der Waals surface area contributed by atoms with Crippen LogP contribution in [0.3, 0.4) is 0 Å². The van der Waals surface area contributed by atoms with Gasteiger partial charge in [-0.2, -0.15) is 0 Å². The summed E-state index contributed by atoms with van der Waals surface area (Å²) in [6.07, 6.45) is 5.35. The van der Waals surface area contributed by atoms with Crippen molar-refractivity contribution in [1.82, 2.24) is 5.32 Å². The normalized spacial score (nSPS) is 17.7. The highest BCUT2D eigenvalue weighted by Crippen LogP contribution is 2.52. The van der Waals surface area contributed by atoms with Crippen LogP contribution in [-0.2, 0) is 10.2 Å². The van der Waals surface area contributed by atoms with E-state index in [9.17, 15) is 0 Å². The van der Waals surface area contributed by atoms with Crippen LogP contribution in [0.1, 0.15) is 50.7 Å². The van der Waals surface area contributed by atoms with Gasteiger partial charge >= 0.3 is 0 Å². The Labute approximate surface area is 130 Å². The van der Waals surface area contributed by atoms with Gasteiger partial charge in [-0.25, -0.2) is 0 Å². The number of nitrogens with one attached hydrogen (secondary N) is 1. The van der Waals surface area contributed by atoms with Crippen molar-refractivity contribution < 1.29 is 4.74 Å². The van der Waals surface area contributed by atoms with Crippen molar-refractivity contribution in [3.05, 3.63) is 35.4 Å². The molecule has 2 rings (SSSR count). The Morgan fingerprint density at radius 3 is 2.52 bits per heavy atom. The minimum Gasteiger partial charge on any atom is -0.380 e. The summed E-state index contributed by atoms with van der Waals surface area (Å²) in [5.74, 6) is 0.786. The van der Waals surface area contributed by atoms with Gasteiger partial charge in [0.05, 0.1) is 6.61 Å². The summed E-state index contributed by atoms with van der Waals surface area (Å²) >= 11 is 0. The summed E-state index contributed by atoms with van der Waals surface area (Å²) in [4.78, 5) is 0. The highest BCUT2D eigenvalue weighted by Gasteiger charge is 2.44. The summed E-state index contributed by atoms with van der Waals surface area (Å²) < 4.78 is 5.34. The molecule has 0 spiro atoms. The first-order valence-electron chi connectivity index (χ1n) is 8.52.